The van der Waals surface area contributed by atoms with Crippen molar-refractivity contribution in [3.8, 4) is 0 Å². The van der Waals surface area contributed by atoms with Crippen LogP contribution in [0.2, 0.25) is 0 Å². The van der Waals surface area contributed by atoms with Crippen molar-refractivity contribution in [2.45, 2.75) is 38.8 Å². The van der Waals surface area contributed by atoms with Gasteiger partial charge in [0.25, 0.3) is 0 Å². The zero-order valence-electron chi connectivity index (χ0n) is 11.2. The average Bonchev–Trinajstić information content (AvgIpc) is 2.72. The third-order valence-electron chi connectivity index (χ3n) is 3.28. The Morgan fingerprint density at radius 1 is 1.50 bits per heavy atom. The van der Waals surface area contributed by atoms with E-state index in [9.17, 15) is 13.2 Å². The van der Waals surface area contributed by atoms with Gasteiger partial charge in [0.1, 0.15) is 0 Å². The number of nitrogens with two attached hydrogens (primary N) is 1. The number of hydrogen-bond donors (Lipinski definition) is 2. The highest BCUT2D eigenvalue weighted by Crippen LogP contribution is 2.19. The molecule has 1 aliphatic rings. The maximum atomic E-state index is 11.7. The highest BCUT2D eigenvalue weighted by atomic mass is 32.2. The van der Waals surface area contributed by atoms with E-state index in [0.717, 1.165) is 12.8 Å². The van der Waals surface area contributed by atoms with Gasteiger partial charge in [-0.05, 0) is 18.8 Å². The van der Waals surface area contributed by atoms with E-state index in [-0.39, 0.29) is 17.9 Å². The molecule has 0 aromatic heterocycles. The van der Waals surface area contributed by atoms with Gasteiger partial charge in [-0.25, -0.2) is 8.42 Å². The summed E-state index contributed by atoms with van der Waals surface area (Å²) in [6.07, 6.45) is 2.82. The quantitative estimate of drug-likeness (QED) is 0.709. The van der Waals surface area contributed by atoms with E-state index in [0.29, 0.717) is 13.1 Å². The molecule has 0 spiro atoms. The monoisotopic (exact) mass is 277 g/mol. The third kappa shape index (κ3) is 3.93. The lowest BCUT2D eigenvalue weighted by Gasteiger charge is -2.23. The SMILES string of the molecule is CC(C)[C@H](N)C(=O)NC[C@H]1CCCN1S(C)(=O)=O. The smallest absolute Gasteiger partial charge is 0.237 e. The topological polar surface area (TPSA) is 92.5 Å². The maximum Gasteiger partial charge on any atom is 0.237 e. The fourth-order valence-corrected chi connectivity index (χ4v) is 3.27. The van der Waals surface area contributed by atoms with Crippen LogP contribution < -0.4 is 11.1 Å². The van der Waals surface area contributed by atoms with Crippen LogP contribution in [0.4, 0.5) is 0 Å². The van der Waals surface area contributed by atoms with Gasteiger partial charge in [-0.3, -0.25) is 4.79 Å². The Kier molecular flexibility index (Phi) is 5.12. The molecule has 0 bridgehead atoms. The summed E-state index contributed by atoms with van der Waals surface area (Å²) in [6, 6.07) is -0.679. The average molecular weight is 277 g/mol. The zero-order valence-corrected chi connectivity index (χ0v) is 12.0. The van der Waals surface area contributed by atoms with E-state index in [1.807, 2.05) is 13.8 Å². The van der Waals surface area contributed by atoms with Gasteiger partial charge in [0.15, 0.2) is 0 Å². The Hall–Kier alpha value is -0.660. The Bertz CT molecular complexity index is 394. The first kappa shape index (κ1) is 15.4. The van der Waals surface area contributed by atoms with Gasteiger partial charge in [0.05, 0.1) is 12.3 Å². The molecule has 3 N–H and O–H groups in total. The molecule has 1 fully saturated rings. The minimum Gasteiger partial charge on any atom is -0.353 e. The Balaban J connectivity index is 2.51. The van der Waals surface area contributed by atoms with Gasteiger partial charge < -0.3 is 11.1 Å². The van der Waals surface area contributed by atoms with Crippen molar-refractivity contribution in [2.75, 3.05) is 19.3 Å². The molecule has 7 heteroatoms. The summed E-state index contributed by atoms with van der Waals surface area (Å²) in [5.41, 5.74) is 5.72. The van der Waals surface area contributed by atoms with Crippen LogP contribution in [0.1, 0.15) is 26.7 Å². The molecule has 0 unspecified atom stereocenters. The lowest BCUT2D eigenvalue weighted by Crippen LogP contribution is -2.48. The molecule has 0 saturated carbocycles. The number of carbonyl (C=O) groups is 1. The second kappa shape index (κ2) is 5.99. The van der Waals surface area contributed by atoms with Gasteiger partial charge in [-0.1, -0.05) is 13.8 Å². The Morgan fingerprint density at radius 3 is 2.61 bits per heavy atom. The van der Waals surface area contributed by atoms with Crippen LogP contribution in [0.5, 0.6) is 0 Å². The summed E-state index contributed by atoms with van der Waals surface area (Å²) in [5, 5.41) is 2.74. The number of nitrogens with zero attached hydrogens (tertiary/aromatic N) is 1. The molecule has 1 rings (SSSR count). The van der Waals surface area contributed by atoms with Crippen LogP contribution >= 0.6 is 0 Å². The predicted octanol–water partition coefficient (Wildman–Crippen LogP) is -0.490. The highest BCUT2D eigenvalue weighted by molar-refractivity contribution is 7.88. The Labute approximate surface area is 109 Å². The minimum absolute atomic E-state index is 0.0691. The molecular weight excluding hydrogens is 254 g/mol. The van der Waals surface area contributed by atoms with Gasteiger partial charge in [-0.15, -0.1) is 0 Å². The first-order valence-corrected chi connectivity index (χ1v) is 8.08. The van der Waals surface area contributed by atoms with E-state index >= 15 is 0 Å². The van der Waals surface area contributed by atoms with E-state index in [1.54, 1.807) is 0 Å². The molecule has 18 heavy (non-hydrogen) atoms. The molecule has 6 nitrogen and oxygen atoms in total. The number of amides is 1. The summed E-state index contributed by atoms with van der Waals surface area (Å²) in [6.45, 7) is 4.63. The van der Waals surface area contributed by atoms with E-state index in [2.05, 4.69) is 5.32 Å². The molecule has 106 valence electrons. The number of hydrogen-bond acceptors (Lipinski definition) is 4. The molecule has 0 aromatic carbocycles. The molecule has 0 aliphatic carbocycles. The first-order chi connectivity index (χ1) is 8.23. The molecule has 0 aromatic rings. The van der Waals surface area contributed by atoms with Gasteiger partial charge in [0, 0.05) is 19.1 Å². The number of carbonyl (C=O) groups excluding carboxylic acids is 1. The standard InChI is InChI=1S/C11H23N3O3S/c1-8(2)10(12)11(15)13-7-9-5-4-6-14(9)18(3,16)17/h8-10H,4-7,12H2,1-3H3,(H,13,15)/t9-,10+/m1/s1. The largest absolute Gasteiger partial charge is 0.353 e. The lowest BCUT2D eigenvalue weighted by atomic mass is 10.0. The minimum atomic E-state index is -3.19. The number of rotatable bonds is 5. The molecule has 1 amide bonds. The molecule has 1 heterocycles. The second-order valence-corrected chi connectivity index (χ2v) is 7.12. The van der Waals surface area contributed by atoms with Crippen molar-refractivity contribution in [2.24, 2.45) is 11.7 Å². The van der Waals surface area contributed by atoms with E-state index in [1.165, 1.54) is 10.6 Å². The van der Waals surface area contributed by atoms with E-state index < -0.39 is 16.1 Å². The molecule has 1 aliphatic heterocycles. The van der Waals surface area contributed by atoms with Gasteiger partial charge in [0.2, 0.25) is 15.9 Å². The fraction of sp³-hybridized carbons (Fsp3) is 0.909. The van der Waals surface area contributed by atoms with Crippen LogP contribution in [0, 0.1) is 5.92 Å². The first-order valence-electron chi connectivity index (χ1n) is 6.23. The van der Waals surface area contributed by atoms with Crippen LogP contribution in [0.25, 0.3) is 0 Å². The van der Waals surface area contributed by atoms with E-state index in [4.69, 9.17) is 5.73 Å². The maximum absolute atomic E-state index is 11.7. The predicted molar refractivity (Wildman–Crippen MR) is 70.4 cm³/mol. The Morgan fingerprint density at radius 2 is 2.11 bits per heavy atom. The van der Waals surface area contributed by atoms with Crippen LogP contribution in [-0.2, 0) is 14.8 Å². The normalized spacial score (nSPS) is 23.3. The summed E-state index contributed by atoms with van der Waals surface area (Å²) < 4.78 is 24.5. The van der Waals surface area contributed by atoms with Crippen LogP contribution in [-0.4, -0.2) is 50.1 Å². The highest BCUT2D eigenvalue weighted by Gasteiger charge is 2.31. The fourth-order valence-electron chi connectivity index (χ4n) is 2.09. The molecule has 0 radical (unpaired) electrons. The van der Waals surface area contributed by atoms with Gasteiger partial charge >= 0.3 is 0 Å². The number of sulfonamides is 1. The van der Waals surface area contributed by atoms with Crippen molar-refractivity contribution < 1.29 is 13.2 Å². The van der Waals surface area contributed by atoms with Crippen molar-refractivity contribution in [3.05, 3.63) is 0 Å². The van der Waals surface area contributed by atoms with Crippen molar-refractivity contribution >= 4 is 15.9 Å². The van der Waals surface area contributed by atoms with Crippen molar-refractivity contribution in [3.63, 3.8) is 0 Å². The molecular formula is C11H23N3O3S. The van der Waals surface area contributed by atoms with Crippen LogP contribution in [0.3, 0.4) is 0 Å². The summed E-state index contributed by atoms with van der Waals surface area (Å²) in [7, 11) is -3.19. The number of nitrogens with one attached hydrogen (secondary N) is 1. The van der Waals surface area contributed by atoms with Crippen molar-refractivity contribution in [1.29, 1.82) is 0 Å². The lowest BCUT2D eigenvalue weighted by molar-refractivity contribution is -0.123. The molecule has 1 saturated heterocycles. The third-order valence-corrected chi connectivity index (χ3v) is 4.61. The summed E-state index contributed by atoms with van der Waals surface area (Å²) >= 11 is 0. The second-order valence-electron chi connectivity index (χ2n) is 5.18. The summed E-state index contributed by atoms with van der Waals surface area (Å²) in [4.78, 5) is 11.7. The molecule has 2 atom stereocenters. The van der Waals surface area contributed by atoms with Crippen LogP contribution in [0.15, 0.2) is 0 Å². The summed E-state index contributed by atoms with van der Waals surface area (Å²) in [5.74, 6) is -0.148. The zero-order chi connectivity index (χ0) is 13.9. The van der Waals surface area contributed by atoms with Gasteiger partial charge in [-0.2, -0.15) is 4.31 Å². The van der Waals surface area contributed by atoms with Crippen molar-refractivity contribution in [1.82, 2.24) is 9.62 Å².